The number of rotatable bonds is 5. The second-order valence-corrected chi connectivity index (χ2v) is 7.40. The summed E-state index contributed by atoms with van der Waals surface area (Å²) in [7, 11) is -1.86. The van der Waals surface area contributed by atoms with Crippen molar-refractivity contribution in [1.29, 1.82) is 0 Å². The first-order valence-electron chi connectivity index (χ1n) is 6.51. The molecule has 0 bridgehead atoms. The molecule has 1 N–H and O–H groups in total. The summed E-state index contributed by atoms with van der Waals surface area (Å²) in [6.07, 6.45) is 1.49. The van der Waals surface area contributed by atoms with Gasteiger partial charge in [-0.1, -0.05) is 25.2 Å². The highest BCUT2D eigenvalue weighted by molar-refractivity contribution is 7.89. The first-order chi connectivity index (χ1) is 9.39. The highest BCUT2D eigenvalue weighted by Gasteiger charge is 2.19. The van der Waals surface area contributed by atoms with Crippen LogP contribution >= 0.6 is 11.3 Å². The van der Waals surface area contributed by atoms with Gasteiger partial charge in [0.25, 0.3) is 0 Å². The molecule has 0 aliphatic heterocycles. The minimum Gasteiger partial charge on any atom is -0.302 e. The highest BCUT2D eigenvalue weighted by atomic mass is 32.2. The van der Waals surface area contributed by atoms with Crippen LogP contribution in [0.25, 0.3) is 10.2 Å². The Hall–Kier alpha value is -1.18. The van der Waals surface area contributed by atoms with Crippen LogP contribution in [0.4, 0.5) is 0 Å². The zero-order valence-corrected chi connectivity index (χ0v) is 13.3. The minimum atomic E-state index is -3.53. The van der Waals surface area contributed by atoms with Gasteiger partial charge in [0.2, 0.25) is 10.0 Å². The second-order valence-electron chi connectivity index (χ2n) is 4.69. The molecule has 0 spiro atoms. The lowest BCUT2D eigenvalue weighted by molar-refractivity contribution is 0.530. The third kappa shape index (κ3) is 2.79. The molecular formula is C13H18N2O3S2. The van der Waals surface area contributed by atoms with Crippen LogP contribution in [0.3, 0.4) is 0 Å². The molecule has 7 heteroatoms. The lowest BCUT2D eigenvalue weighted by Crippen LogP contribution is -2.33. The van der Waals surface area contributed by atoms with Gasteiger partial charge in [0.05, 0.1) is 15.1 Å². The Labute approximate surface area is 122 Å². The average molecular weight is 314 g/mol. The SMILES string of the molecule is CCC(CC)NS(=O)(=O)c1ccc2c(c1)sc(=O)n2C. The van der Waals surface area contributed by atoms with Crippen LogP contribution in [0.15, 0.2) is 27.9 Å². The summed E-state index contributed by atoms with van der Waals surface area (Å²) >= 11 is 1.05. The Morgan fingerprint density at radius 3 is 2.55 bits per heavy atom. The van der Waals surface area contributed by atoms with E-state index in [4.69, 9.17) is 0 Å². The Balaban J connectivity index is 2.44. The lowest BCUT2D eigenvalue weighted by atomic mass is 10.2. The topological polar surface area (TPSA) is 68.2 Å². The van der Waals surface area contributed by atoms with Crippen molar-refractivity contribution < 1.29 is 8.42 Å². The maximum Gasteiger partial charge on any atom is 0.307 e. The number of sulfonamides is 1. The molecule has 0 unspecified atom stereocenters. The van der Waals surface area contributed by atoms with Crippen LogP contribution in [-0.4, -0.2) is 19.0 Å². The molecule has 1 aromatic heterocycles. The van der Waals surface area contributed by atoms with Crippen LogP contribution in [0.2, 0.25) is 0 Å². The summed E-state index contributed by atoms with van der Waals surface area (Å²) < 4.78 is 29.5. The van der Waals surface area contributed by atoms with E-state index >= 15 is 0 Å². The molecule has 0 aliphatic carbocycles. The molecule has 2 aromatic rings. The number of nitrogens with one attached hydrogen (secondary N) is 1. The van der Waals surface area contributed by atoms with Crippen LogP contribution in [-0.2, 0) is 17.1 Å². The number of hydrogen-bond donors (Lipinski definition) is 1. The van der Waals surface area contributed by atoms with Crippen molar-refractivity contribution in [3.63, 3.8) is 0 Å². The number of hydrogen-bond acceptors (Lipinski definition) is 4. The Bertz CT molecular complexity index is 771. The number of benzene rings is 1. The van der Waals surface area contributed by atoms with E-state index in [1.807, 2.05) is 13.8 Å². The molecule has 20 heavy (non-hydrogen) atoms. The van der Waals surface area contributed by atoms with Crippen LogP contribution < -0.4 is 9.60 Å². The molecule has 0 saturated carbocycles. The van der Waals surface area contributed by atoms with Gasteiger partial charge < -0.3 is 4.57 Å². The fraction of sp³-hybridized carbons (Fsp3) is 0.462. The minimum absolute atomic E-state index is 0.0646. The molecule has 0 radical (unpaired) electrons. The van der Waals surface area contributed by atoms with Gasteiger partial charge in [-0.2, -0.15) is 0 Å². The zero-order chi connectivity index (χ0) is 14.9. The summed E-state index contributed by atoms with van der Waals surface area (Å²) in [5.41, 5.74) is 0.751. The second kappa shape index (κ2) is 5.67. The van der Waals surface area contributed by atoms with Crippen molar-refractivity contribution in [2.45, 2.75) is 37.6 Å². The summed E-state index contributed by atoms with van der Waals surface area (Å²) in [4.78, 5) is 11.7. The molecule has 2 rings (SSSR count). The summed E-state index contributed by atoms with van der Waals surface area (Å²) in [6.45, 7) is 3.89. The molecule has 1 heterocycles. The molecule has 0 aliphatic rings. The molecule has 0 amide bonds. The van der Waals surface area contributed by atoms with Crippen LogP contribution in [0.1, 0.15) is 26.7 Å². The number of aryl methyl sites for hydroxylation is 1. The summed E-state index contributed by atoms with van der Waals surface area (Å²) in [5, 5.41) is 0. The maximum absolute atomic E-state index is 12.3. The quantitative estimate of drug-likeness (QED) is 0.918. The van der Waals surface area contributed by atoms with Gasteiger partial charge >= 0.3 is 4.87 Å². The Morgan fingerprint density at radius 2 is 1.95 bits per heavy atom. The first kappa shape index (κ1) is 15.2. The van der Waals surface area contributed by atoms with E-state index in [9.17, 15) is 13.2 Å². The van der Waals surface area contributed by atoms with Crippen molar-refractivity contribution in [1.82, 2.24) is 9.29 Å². The lowest BCUT2D eigenvalue weighted by Gasteiger charge is -2.15. The monoisotopic (exact) mass is 314 g/mol. The maximum atomic E-state index is 12.3. The van der Waals surface area contributed by atoms with Crippen molar-refractivity contribution in [3.05, 3.63) is 27.9 Å². The smallest absolute Gasteiger partial charge is 0.302 e. The van der Waals surface area contributed by atoms with Crippen molar-refractivity contribution in [2.24, 2.45) is 7.05 Å². The van der Waals surface area contributed by atoms with E-state index in [-0.39, 0.29) is 15.8 Å². The number of fused-ring (bicyclic) bond motifs is 1. The Kier molecular flexibility index (Phi) is 4.31. The molecular weight excluding hydrogens is 296 g/mol. The van der Waals surface area contributed by atoms with Gasteiger partial charge in [-0.15, -0.1) is 0 Å². The van der Waals surface area contributed by atoms with Crippen molar-refractivity contribution in [3.8, 4) is 0 Å². The Morgan fingerprint density at radius 1 is 1.30 bits per heavy atom. The van der Waals surface area contributed by atoms with E-state index < -0.39 is 10.0 Å². The first-order valence-corrected chi connectivity index (χ1v) is 8.81. The van der Waals surface area contributed by atoms with Gasteiger partial charge in [0.15, 0.2) is 0 Å². The van der Waals surface area contributed by atoms with Crippen LogP contribution in [0, 0.1) is 0 Å². The third-order valence-electron chi connectivity index (χ3n) is 3.38. The number of nitrogens with zero attached hydrogens (tertiary/aromatic N) is 1. The van der Waals surface area contributed by atoms with Gasteiger partial charge in [-0.3, -0.25) is 4.79 Å². The standard InChI is InChI=1S/C13H18N2O3S2/c1-4-9(5-2)14-20(17,18)10-6-7-11-12(8-10)19-13(16)15(11)3/h6-9,14H,4-5H2,1-3H3. The van der Waals surface area contributed by atoms with E-state index in [0.717, 1.165) is 29.7 Å². The third-order valence-corrected chi connectivity index (χ3v) is 5.90. The van der Waals surface area contributed by atoms with Crippen molar-refractivity contribution >= 4 is 31.6 Å². The predicted molar refractivity (Wildman–Crippen MR) is 81.8 cm³/mol. The summed E-state index contributed by atoms with van der Waals surface area (Å²) in [6, 6.07) is 4.71. The molecule has 0 atom stereocenters. The van der Waals surface area contributed by atoms with E-state index in [2.05, 4.69) is 4.72 Å². The van der Waals surface area contributed by atoms with Crippen molar-refractivity contribution in [2.75, 3.05) is 0 Å². The largest absolute Gasteiger partial charge is 0.307 e. The summed E-state index contributed by atoms with van der Waals surface area (Å²) in [5.74, 6) is 0. The molecule has 110 valence electrons. The molecule has 0 fully saturated rings. The van der Waals surface area contributed by atoms with E-state index in [1.54, 1.807) is 25.2 Å². The zero-order valence-electron chi connectivity index (χ0n) is 11.7. The van der Waals surface area contributed by atoms with Gasteiger partial charge in [-0.05, 0) is 31.0 Å². The van der Waals surface area contributed by atoms with Gasteiger partial charge in [0, 0.05) is 13.1 Å². The number of thiazole rings is 1. The number of aromatic nitrogens is 1. The average Bonchev–Trinajstić information content (AvgIpc) is 2.71. The fourth-order valence-corrected chi connectivity index (χ4v) is 4.45. The molecule has 0 saturated heterocycles. The van der Waals surface area contributed by atoms with Gasteiger partial charge in [0.1, 0.15) is 0 Å². The van der Waals surface area contributed by atoms with Gasteiger partial charge in [-0.25, -0.2) is 13.1 Å². The highest BCUT2D eigenvalue weighted by Crippen LogP contribution is 2.21. The van der Waals surface area contributed by atoms with Crippen LogP contribution in [0.5, 0.6) is 0 Å². The predicted octanol–water partition coefficient (Wildman–Crippen LogP) is 2.07. The molecule has 1 aromatic carbocycles. The van der Waals surface area contributed by atoms with E-state index in [0.29, 0.717) is 4.70 Å². The van der Waals surface area contributed by atoms with E-state index in [1.165, 1.54) is 4.57 Å². The molecule has 5 nitrogen and oxygen atoms in total. The normalized spacial score (nSPS) is 12.4. The fourth-order valence-electron chi connectivity index (χ4n) is 2.02.